The summed E-state index contributed by atoms with van der Waals surface area (Å²) >= 11 is 0. The van der Waals surface area contributed by atoms with Gasteiger partial charge < -0.3 is 15.5 Å². The zero-order valence-electron chi connectivity index (χ0n) is 12.5. The molecule has 1 saturated carbocycles. The molecular formula is C15H31N3. The highest BCUT2D eigenvalue weighted by Gasteiger charge is 2.37. The molecule has 1 atom stereocenters. The van der Waals surface area contributed by atoms with Gasteiger partial charge in [-0.05, 0) is 31.2 Å². The molecule has 3 nitrogen and oxygen atoms in total. The number of nitrogens with zero attached hydrogens (tertiary/aromatic N) is 1. The Labute approximate surface area is 113 Å². The summed E-state index contributed by atoms with van der Waals surface area (Å²) in [6.45, 7) is 10.9. The van der Waals surface area contributed by atoms with Crippen LogP contribution in [0, 0.1) is 11.3 Å². The molecule has 2 fully saturated rings. The molecule has 106 valence electrons. The summed E-state index contributed by atoms with van der Waals surface area (Å²) < 4.78 is 0. The topological polar surface area (TPSA) is 27.3 Å². The molecule has 0 radical (unpaired) electrons. The van der Waals surface area contributed by atoms with E-state index in [1.807, 2.05) is 0 Å². The van der Waals surface area contributed by atoms with Gasteiger partial charge in [-0.15, -0.1) is 0 Å². The minimum absolute atomic E-state index is 0.376. The van der Waals surface area contributed by atoms with Crippen LogP contribution in [-0.4, -0.2) is 50.7 Å². The molecule has 3 heteroatoms. The van der Waals surface area contributed by atoms with E-state index in [0.29, 0.717) is 11.5 Å². The van der Waals surface area contributed by atoms with Gasteiger partial charge in [-0.2, -0.15) is 0 Å². The molecule has 18 heavy (non-hydrogen) atoms. The fraction of sp³-hybridized carbons (Fsp3) is 1.00. The fourth-order valence-electron chi connectivity index (χ4n) is 4.10. The minimum Gasteiger partial charge on any atom is -0.316 e. The van der Waals surface area contributed by atoms with Crippen LogP contribution < -0.4 is 10.6 Å². The van der Waals surface area contributed by atoms with E-state index >= 15 is 0 Å². The van der Waals surface area contributed by atoms with Crippen molar-refractivity contribution in [3.8, 4) is 0 Å². The van der Waals surface area contributed by atoms with Gasteiger partial charge in [0, 0.05) is 38.8 Å². The minimum atomic E-state index is 0.376. The third-order valence-electron chi connectivity index (χ3n) is 4.86. The van der Waals surface area contributed by atoms with Gasteiger partial charge in [-0.3, -0.25) is 0 Å². The average Bonchev–Trinajstić information content (AvgIpc) is 2.83. The zero-order valence-corrected chi connectivity index (χ0v) is 12.5. The molecule has 1 saturated heterocycles. The summed E-state index contributed by atoms with van der Waals surface area (Å²) in [7, 11) is 2.16. The van der Waals surface area contributed by atoms with Crippen LogP contribution in [0.2, 0.25) is 0 Å². The Morgan fingerprint density at radius 1 is 1.22 bits per heavy atom. The van der Waals surface area contributed by atoms with Gasteiger partial charge in [0.2, 0.25) is 0 Å². The first-order chi connectivity index (χ1) is 8.63. The Hall–Kier alpha value is -0.120. The second kappa shape index (κ2) is 6.36. The van der Waals surface area contributed by atoms with Crippen molar-refractivity contribution < 1.29 is 0 Å². The summed E-state index contributed by atoms with van der Waals surface area (Å²) in [4.78, 5) is 2.63. The van der Waals surface area contributed by atoms with Crippen LogP contribution in [-0.2, 0) is 0 Å². The van der Waals surface area contributed by atoms with Crippen molar-refractivity contribution in [2.45, 2.75) is 45.6 Å². The summed E-state index contributed by atoms with van der Waals surface area (Å²) in [5.41, 5.74) is 0.376. The van der Waals surface area contributed by atoms with Crippen LogP contribution in [0.25, 0.3) is 0 Å². The number of nitrogens with one attached hydrogen (secondary N) is 2. The molecule has 2 N–H and O–H groups in total. The third kappa shape index (κ3) is 3.46. The van der Waals surface area contributed by atoms with Crippen molar-refractivity contribution in [3.05, 3.63) is 0 Å². The lowest BCUT2D eigenvalue weighted by molar-refractivity contribution is 0.102. The van der Waals surface area contributed by atoms with E-state index in [1.165, 1.54) is 45.3 Å². The molecule has 0 spiro atoms. The molecule has 0 aromatic carbocycles. The Morgan fingerprint density at radius 3 is 2.39 bits per heavy atom. The van der Waals surface area contributed by atoms with E-state index in [-0.39, 0.29) is 0 Å². The molecule has 0 amide bonds. The molecule has 1 aliphatic heterocycles. The molecule has 0 bridgehead atoms. The first-order valence-corrected chi connectivity index (χ1v) is 7.74. The first kappa shape index (κ1) is 14.3. The van der Waals surface area contributed by atoms with Crippen molar-refractivity contribution in [2.75, 3.05) is 39.8 Å². The number of hydrogen-bond donors (Lipinski definition) is 2. The lowest BCUT2D eigenvalue weighted by Crippen LogP contribution is -2.53. The summed E-state index contributed by atoms with van der Waals surface area (Å²) in [6, 6.07) is 0.676. The van der Waals surface area contributed by atoms with E-state index in [1.54, 1.807) is 0 Å². The molecule has 2 rings (SSSR count). The predicted molar refractivity (Wildman–Crippen MR) is 77.9 cm³/mol. The van der Waals surface area contributed by atoms with Crippen molar-refractivity contribution in [3.63, 3.8) is 0 Å². The second-order valence-corrected chi connectivity index (χ2v) is 6.83. The molecular weight excluding hydrogens is 222 g/mol. The van der Waals surface area contributed by atoms with Crippen LogP contribution in [0.1, 0.15) is 39.5 Å². The van der Waals surface area contributed by atoms with Crippen LogP contribution >= 0.6 is 0 Å². The molecule has 0 aromatic rings. The zero-order chi connectivity index (χ0) is 13.0. The van der Waals surface area contributed by atoms with Gasteiger partial charge in [-0.25, -0.2) is 0 Å². The number of rotatable bonds is 5. The van der Waals surface area contributed by atoms with Crippen LogP contribution in [0.5, 0.6) is 0 Å². The monoisotopic (exact) mass is 253 g/mol. The number of piperazine rings is 1. The van der Waals surface area contributed by atoms with Crippen molar-refractivity contribution in [1.29, 1.82) is 0 Å². The second-order valence-electron chi connectivity index (χ2n) is 6.83. The van der Waals surface area contributed by atoms with Gasteiger partial charge >= 0.3 is 0 Å². The smallest absolute Gasteiger partial charge is 0.0156 e. The largest absolute Gasteiger partial charge is 0.316 e. The average molecular weight is 253 g/mol. The SMILES string of the molecule is CNC(C1CCCC1)C(C)(C)CN1CCNCC1. The van der Waals surface area contributed by atoms with Gasteiger partial charge in [0.1, 0.15) is 0 Å². The molecule has 1 aliphatic carbocycles. The van der Waals surface area contributed by atoms with E-state index in [2.05, 4.69) is 36.4 Å². The summed E-state index contributed by atoms with van der Waals surface area (Å²) in [5.74, 6) is 0.896. The Balaban J connectivity index is 1.93. The van der Waals surface area contributed by atoms with E-state index in [9.17, 15) is 0 Å². The van der Waals surface area contributed by atoms with E-state index in [4.69, 9.17) is 0 Å². The first-order valence-electron chi connectivity index (χ1n) is 7.74. The van der Waals surface area contributed by atoms with E-state index in [0.717, 1.165) is 19.0 Å². The van der Waals surface area contributed by atoms with Crippen LogP contribution in [0.3, 0.4) is 0 Å². The van der Waals surface area contributed by atoms with Gasteiger partial charge in [-0.1, -0.05) is 26.7 Å². The van der Waals surface area contributed by atoms with Crippen LogP contribution in [0.4, 0.5) is 0 Å². The standard InChI is InChI=1S/C15H31N3/c1-15(2,12-18-10-8-17-9-11-18)14(16-3)13-6-4-5-7-13/h13-14,16-17H,4-12H2,1-3H3. The van der Waals surface area contributed by atoms with Gasteiger partial charge in [0.15, 0.2) is 0 Å². The maximum absolute atomic E-state index is 3.63. The summed E-state index contributed by atoms with van der Waals surface area (Å²) in [5, 5.41) is 7.07. The Bertz CT molecular complexity index is 240. The highest BCUT2D eigenvalue weighted by atomic mass is 15.2. The van der Waals surface area contributed by atoms with Crippen LogP contribution in [0.15, 0.2) is 0 Å². The highest BCUT2D eigenvalue weighted by molar-refractivity contribution is 4.93. The fourth-order valence-corrected chi connectivity index (χ4v) is 4.10. The number of hydrogen-bond acceptors (Lipinski definition) is 3. The normalized spacial score (nSPS) is 25.5. The van der Waals surface area contributed by atoms with Gasteiger partial charge in [0.05, 0.1) is 0 Å². The lowest BCUT2D eigenvalue weighted by atomic mass is 9.76. The highest BCUT2D eigenvalue weighted by Crippen LogP contribution is 2.36. The summed E-state index contributed by atoms with van der Waals surface area (Å²) in [6.07, 6.45) is 5.73. The van der Waals surface area contributed by atoms with Gasteiger partial charge in [0.25, 0.3) is 0 Å². The van der Waals surface area contributed by atoms with E-state index < -0.39 is 0 Å². The predicted octanol–water partition coefficient (Wildman–Crippen LogP) is 1.70. The maximum Gasteiger partial charge on any atom is 0.0156 e. The Kier molecular flexibility index (Phi) is 5.05. The third-order valence-corrected chi connectivity index (χ3v) is 4.86. The quantitative estimate of drug-likeness (QED) is 0.781. The molecule has 1 heterocycles. The molecule has 2 aliphatic rings. The lowest BCUT2D eigenvalue weighted by Gasteiger charge is -2.42. The van der Waals surface area contributed by atoms with Crippen molar-refractivity contribution >= 4 is 0 Å². The Morgan fingerprint density at radius 2 is 1.83 bits per heavy atom. The molecule has 1 unspecified atom stereocenters. The van der Waals surface area contributed by atoms with Crippen molar-refractivity contribution in [2.24, 2.45) is 11.3 Å². The molecule has 0 aromatic heterocycles. The maximum atomic E-state index is 3.63. The van der Waals surface area contributed by atoms with Crippen molar-refractivity contribution in [1.82, 2.24) is 15.5 Å².